The molecule has 0 bridgehead atoms. The molecule has 0 saturated carbocycles. The molecule has 0 aliphatic rings. The number of anilines is 1. The summed E-state index contributed by atoms with van der Waals surface area (Å²) in [6.45, 7) is 3.72. The van der Waals surface area contributed by atoms with Gasteiger partial charge in [0.2, 0.25) is 5.91 Å². The normalized spacial score (nSPS) is 10.2. The van der Waals surface area contributed by atoms with Gasteiger partial charge in [-0.3, -0.25) is 4.79 Å². The number of nitrogen functional groups attached to an aromatic ring is 1. The fraction of sp³-hybridized carbons (Fsp3) is 0.188. The maximum Gasteiger partial charge on any atom is 0.248 e. The summed E-state index contributed by atoms with van der Waals surface area (Å²) in [5, 5.41) is 0. The van der Waals surface area contributed by atoms with E-state index >= 15 is 0 Å². The van der Waals surface area contributed by atoms with Gasteiger partial charge in [-0.1, -0.05) is 0 Å². The Morgan fingerprint density at radius 2 is 1.57 bits per heavy atom. The molecule has 0 spiro atoms. The van der Waals surface area contributed by atoms with Crippen LogP contribution in [0, 0.1) is 13.8 Å². The first kappa shape index (κ1) is 14.7. The largest absolute Gasteiger partial charge is 0.497 e. The van der Waals surface area contributed by atoms with Crippen molar-refractivity contribution in [3.05, 3.63) is 47.0 Å². The standard InChI is InChI=1S/C16H18N2O3/c1-9-4-11(16(18)19)5-10(2)15(9)21-14-7-12(17)6-13(8-14)20-3/h4-8H,17H2,1-3H3,(H2,18,19). The number of benzene rings is 2. The SMILES string of the molecule is COc1cc(N)cc(Oc2c(C)cc(C(N)=O)cc2C)c1. The van der Waals surface area contributed by atoms with Gasteiger partial charge in [-0.05, 0) is 37.1 Å². The first-order valence-corrected chi connectivity index (χ1v) is 6.44. The number of rotatable bonds is 4. The summed E-state index contributed by atoms with van der Waals surface area (Å²) in [4.78, 5) is 11.3. The zero-order valence-electron chi connectivity index (χ0n) is 12.3. The van der Waals surface area contributed by atoms with Crippen molar-refractivity contribution < 1.29 is 14.3 Å². The molecular formula is C16H18N2O3. The molecule has 21 heavy (non-hydrogen) atoms. The Morgan fingerprint density at radius 3 is 2.10 bits per heavy atom. The number of primary amides is 1. The van der Waals surface area contributed by atoms with E-state index in [2.05, 4.69) is 0 Å². The summed E-state index contributed by atoms with van der Waals surface area (Å²) in [5.74, 6) is 1.41. The van der Waals surface area contributed by atoms with E-state index in [1.807, 2.05) is 13.8 Å². The second kappa shape index (κ2) is 5.75. The van der Waals surface area contributed by atoms with Crippen molar-refractivity contribution in [1.82, 2.24) is 0 Å². The van der Waals surface area contributed by atoms with Gasteiger partial charge in [0.1, 0.15) is 17.2 Å². The van der Waals surface area contributed by atoms with Crippen LogP contribution in [0.2, 0.25) is 0 Å². The average molecular weight is 286 g/mol. The highest BCUT2D eigenvalue weighted by Crippen LogP contribution is 2.33. The molecular weight excluding hydrogens is 268 g/mol. The number of nitrogens with two attached hydrogens (primary N) is 2. The maximum absolute atomic E-state index is 11.3. The molecule has 0 saturated heterocycles. The third-order valence-corrected chi connectivity index (χ3v) is 3.10. The van der Waals surface area contributed by atoms with Gasteiger partial charge in [-0.25, -0.2) is 0 Å². The monoisotopic (exact) mass is 286 g/mol. The van der Waals surface area contributed by atoms with Crippen LogP contribution in [0.25, 0.3) is 0 Å². The van der Waals surface area contributed by atoms with E-state index in [1.165, 1.54) is 0 Å². The van der Waals surface area contributed by atoms with Crippen LogP contribution in [-0.4, -0.2) is 13.0 Å². The Labute approximate surface area is 123 Å². The van der Waals surface area contributed by atoms with E-state index in [1.54, 1.807) is 37.4 Å². The van der Waals surface area contributed by atoms with Gasteiger partial charge in [0, 0.05) is 29.4 Å². The zero-order valence-corrected chi connectivity index (χ0v) is 12.3. The van der Waals surface area contributed by atoms with E-state index < -0.39 is 5.91 Å². The topological polar surface area (TPSA) is 87.6 Å². The second-order valence-electron chi connectivity index (χ2n) is 4.85. The molecule has 0 radical (unpaired) electrons. The minimum absolute atomic E-state index is 0.460. The van der Waals surface area contributed by atoms with E-state index in [4.69, 9.17) is 20.9 Å². The van der Waals surface area contributed by atoms with Gasteiger partial charge in [-0.2, -0.15) is 0 Å². The lowest BCUT2D eigenvalue weighted by Gasteiger charge is -2.14. The predicted molar refractivity (Wildman–Crippen MR) is 81.9 cm³/mol. The van der Waals surface area contributed by atoms with Crippen LogP contribution < -0.4 is 20.9 Å². The Bertz CT molecular complexity index is 673. The first-order chi connectivity index (χ1) is 9.90. The van der Waals surface area contributed by atoms with Crippen molar-refractivity contribution in [2.75, 3.05) is 12.8 Å². The summed E-state index contributed by atoms with van der Waals surface area (Å²) in [5.41, 5.74) is 13.8. The molecule has 0 unspecified atom stereocenters. The number of amides is 1. The molecule has 2 aromatic carbocycles. The molecule has 5 nitrogen and oxygen atoms in total. The van der Waals surface area contributed by atoms with Gasteiger partial charge in [0.25, 0.3) is 0 Å². The van der Waals surface area contributed by atoms with Crippen molar-refractivity contribution in [2.24, 2.45) is 5.73 Å². The van der Waals surface area contributed by atoms with Gasteiger partial charge in [0.15, 0.2) is 0 Å². The van der Waals surface area contributed by atoms with Crippen LogP contribution in [0.4, 0.5) is 5.69 Å². The number of methoxy groups -OCH3 is 1. The fourth-order valence-electron chi connectivity index (χ4n) is 2.14. The maximum atomic E-state index is 11.3. The van der Waals surface area contributed by atoms with Crippen LogP contribution >= 0.6 is 0 Å². The van der Waals surface area contributed by atoms with Gasteiger partial charge < -0.3 is 20.9 Å². The Hall–Kier alpha value is -2.69. The Kier molecular flexibility index (Phi) is 4.03. The van der Waals surface area contributed by atoms with E-state index in [0.717, 1.165) is 11.1 Å². The first-order valence-electron chi connectivity index (χ1n) is 6.44. The third kappa shape index (κ3) is 3.25. The van der Waals surface area contributed by atoms with Crippen molar-refractivity contribution in [1.29, 1.82) is 0 Å². The molecule has 110 valence electrons. The van der Waals surface area contributed by atoms with Crippen LogP contribution in [0.15, 0.2) is 30.3 Å². The lowest BCUT2D eigenvalue weighted by Crippen LogP contribution is -2.11. The molecule has 1 amide bonds. The van der Waals surface area contributed by atoms with Crippen LogP contribution in [0.5, 0.6) is 17.2 Å². The van der Waals surface area contributed by atoms with Crippen molar-refractivity contribution in [3.63, 3.8) is 0 Å². The Balaban J connectivity index is 2.40. The summed E-state index contributed by atoms with van der Waals surface area (Å²) in [6, 6.07) is 8.58. The van der Waals surface area contributed by atoms with E-state index in [-0.39, 0.29) is 0 Å². The van der Waals surface area contributed by atoms with Crippen LogP contribution in [-0.2, 0) is 0 Å². The van der Waals surface area contributed by atoms with Crippen LogP contribution in [0.3, 0.4) is 0 Å². The number of hydrogen-bond donors (Lipinski definition) is 2. The number of aryl methyl sites for hydroxylation is 2. The molecule has 2 aromatic rings. The fourth-order valence-corrected chi connectivity index (χ4v) is 2.14. The van der Waals surface area contributed by atoms with Gasteiger partial charge in [0.05, 0.1) is 7.11 Å². The molecule has 4 N–H and O–H groups in total. The van der Waals surface area contributed by atoms with E-state index in [0.29, 0.717) is 28.5 Å². The van der Waals surface area contributed by atoms with Gasteiger partial charge in [-0.15, -0.1) is 0 Å². The van der Waals surface area contributed by atoms with Crippen molar-refractivity contribution in [3.8, 4) is 17.2 Å². The van der Waals surface area contributed by atoms with E-state index in [9.17, 15) is 4.79 Å². The highest BCUT2D eigenvalue weighted by molar-refractivity contribution is 5.93. The Morgan fingerprint density at radius 1 is 1.00 bits per heavy atom. The lowest BCUT2D eigenvalue weighted by atomic mass is 10.1. The number of ether oxygens (including phenoxy) is 2. The highest BCUT2D eigenvalue weighted by atomic mass is 16.5. The smallest absolute Gasteiger partial charge is 0.248 e. The quantitative estimate of drug-likeness (QED) is 0.846. The highest BCUT2D eigenvalue weighted by Gasteiger charge is 2.11. The average Bonchev–Trinajstić information content (AvgIpc) is 2.41. The summed E-state index contributed by atoms with van der Waals surface area (Å²) in [6.07, 6.45) is 0. The summed E-state index contributed by atoms with van der Waals surface area (Å²) in [7, 11) is 1.57. The van der Waals surface area contributed by atoms with Crippen molar-refractivity contribution in [2.45, 2.75) is 13.8 Å². The molecule has 5 heteroatoms. The minimum atomic E-state index is -0.460. The zero-order chi connectivity index (χ0) is 15.6. The summed E-state index contributed by atoms with van der Waals surface area (Å²) < 4.78 is 11.0. The van der Waals surface area contributed by atoms with Crippen LogP contribution in [0.1, 0.15) is 21.5 Å². The minimum Gasteiger partial charge on any atom is -0.497 e. The molecule has 0 fully saturated rings. The van der Waals surface area contributed by atoms with Crippen molar-refractivity contribution >= 4 is 11.6 Å². The predicted octanol–water partition coefficient (Wildman–Crippen LogP) is 2.79. The number of hydrogen-bond acceptors (Lipinski definition) is 4. The lowest BCUT2D eigenvalue weighted by molar-refractivity contribution is 0.1000. The number of carbonyl (C=O) groups is 1. The molecule has 0 heterocycles. The molecule has 2 rings (SSSR count). The molecule has 0 atom stereocenters. The molecule has 0 aromatic heterocycles. The molecule has 0 aliphatic carbocycles. The third-order valence-electron chi connectivity index (χ3n) is 3.10. The van der Waals surface area contributed by atoms with Gasteiger partial charge >= 0.3 is 0 Å². The molecule has 0 aliphatic heterocycles. The number of carbonyl (C=O) groups excluding carboxylic acids is 1. The summed E-state index contributed by atoms with van der Waals surface area (Å²) >= 11 is 0. The second-order valence-corrected chi connectivity index (χ2v) is 4.85.